The third-order valence-electron chi connectivity index (χ3n) is 4.96. The van der Waals surface area contributed by atoms with Gasteiger partial charge >= 0.3 is 12.1 Å². The molecule has 0 amide bonds. The summed E-state index contributed by atoms with van der Waals surface area (Å²) in [6.45, 7) is 2.03. The highest BCUT2D eigenvalue weighted by atomic mass is 32.2. The number of hydrogen-bond donors (Lipinski definition) is 0. The molecule has 10 heteroatoms. The minimum absolute atomic E-state index is 0.0819. The quantitative estimate of drug-likeness (QED) is 0.482. The molecule has 1 aliphatic rings. The summed E-state index contributed by atoms with van der Waals surface area (Å²) in [4.78, 5) is 11.8. The maximum atomic E-state index is 13.3. The molecule has 0 aliphatic carbocycles. The molecule has 0 atom stereocenters. The van der Waals surface area contributed by atoms with Gasteiger partial charge in [0.15, 0.2) is 11.5 Å². The Bertz CT molecular complexity index is 1030. The number of halogens is 3. The molecule has 3 rings (SSSR count). The number of ether oxygens (including phenoxy) is 2. The van der Waals surface area contributed by atoms with Crippen LogP contribution in [0.2, 0.25) is 0 Å². The molecule has 168 valence electrons. The summed E-state index contributed by atoms with van der Waals surface area (Å²) in [6, 6.07) is 10.8. The first-order valence-corrected chi connectivity index (χ1v) is 11.2. The smallest absolute Gasteiger partial charge is 0.417 e. The molecule has 0 radical (unpaired) electrons. The van der Waals surface area contributed by atoms with Crippen LogP contribution in [-0.2, 0) is 21.0 Å². The zero-order valence-corrected chi connectivity index (χ0v) is 17.6. The zero-order chi connectivity index (χ0) is 22.6. The van der Waals surface area contributed by atoms with Crippen LogP contribution in [0.4, 0.5) is 13.2 Å². The van der Waals surface area contributed by atoms with Gasteiger partial charge in [0.05, 0.1) is 23.0 Å². The molecular formula is C21H22F3NO5S. The fourth-order valence-corrected chi connectivity index (χ4v) is 5.08. The lowest BCUT2D eigenvalue weighted by atomic mass is 9.98. The van der Waals surface area contributed by atoms with E-state index in [2.05, 4.69) is 0 Å². The van der Waals surface area contributed by atoms with E-state index in [9.17, 15) is 26.4 Å². The number of carbonyl (C=O) groups is 1. The second kappa shape index (κ2) is 9.27. The number of hydrogen-bond acceptors (Lipinski definition) is 5. The molecule has 0 spiro atoms. The Morgan fingerprint density at radius 1 is 1.03 bits per heavy atom. The van der Waals surface area contributed by atoms with Crippen LogP contribution in [0.5, 0.6) is 11.5 Å². The SMILES string of the molecule is CCOc1ccccc1OC(=O)C1CCN(S(=O)(=O)c2ccccc2C(F)(F)F)CC1. The van der Waals surface area contributed by atoms with Crippen molar-refractivity contribution in [2.75, 3.05) is 19.7 Å². The van der Waals surface area contributed by atoms with Gasteiger partial charge in [-0.25, -0.2) is 8.42 Å². The van der Waals surface area contributed by atoms with Crippen molar-refractivity contribution >= 4 is 16.0 Å². The van der Waals surface area contributed by atoms with Gasteiger partial charge in [0, 0.05) is 13.1 Å². The Balaban J connectivity index is 1.69. The predicted octanol–water partition coefficient (Wildman–Crippen LogP) is 4.11. The fourth-order valence-electron chi connectivity index (χ4n) is 3.40. The topological polar surface area (TPSA) is 72.9 Å². The van der Waals surface area contributed by atoms with Crippen molar-refractivity contribution in [2.24, 2.45) is 5.92 Å². The number of nitrogens with zero attached hydrogens (tertiary/aromatic N) is 1. The van der Waals surface area contributed by atoms with E-state index in [-0.39, 0.29) is 31.7 Å². The van der Waals surface area contributed by atoms with Crippen molar-refractivity contribution in [3.63, 3.8) is 0 Å². The number of carbonyl (C=O) groups excluding carboxylic acids is 1. The lowest BCUT2D eigenvalue weighted by molar-refractivity contribution is -0.140. The van der Waals surface area contributed by atoms with Gasteiger partial charge in [0.2, 0.25) is 10.0 Å². The van der Waals surface area contributed by atoms with Gasteiger partial charge in [-0.1, -0.05) is 24.3 Å². The fraction of sp³-hybridized carbons (Fsp3) is 0.381. The number of para-hydroxylation sites is 2. The molecular weight excluding hydrogens is 435 g/mol. The predicted molar refractivity (Wildman–Crippen MR) is 106 cm³/mol. The molecule has 0 bridgehead atoms. The number of piperidine rings is 1. The van der Waals surface area contributed by atoms with Crippen molar-refractivity contribution in [2.45, 2.75) is 30.8 Å². The average Bonchev–Trinajstić information content (AvgIpc) is 2.75. The summed E-state index contributed by atoms with van der Waals surface area (Å²) in [5.74, 6) is -0.412. The van der Waals surface area contributed by atoms with E-state index in [0.29, 0.717) is 12.4 Å². The van der Waals surface area contributed by atoms with Crippen LogP contribution in [0.25, 0.3) is 0 Å². The highest BCUT2D eigenvalue weighted by Crippen LogP contribution is 2.36. The Kier molecular flexibility index (Phi) is 6.90. The van der Waals surface area contributed by atoms with Gasteiger partial charge < -0.3 is 9.47 Å². The van der Waals surface area contributed by atoms with Crippen molar-refractivity contribution in [1.82, 2.24) is 4.31 Å². The maximum Gasteiger partial charge on any atom is 0.417 e. The Labute approximate surface area is 178 Å². The van der Waals surface area contributed by atoms with Crippen LogP contribution >= 0.6 is 0 Å². The second-order valence-corrected chi connectivity index (χ2v) is 8.88. The molecule has 1 heterocycles. The molecule has 0 aromatic heterocycles. The van der Waals surface area contributed by atoms with Crippen molar-refractivity contribution in [3.05, 3.63) is 54.1 Å². The summed E-state index contributed by atoms with van der Waals surface area (Å²) < 4.78 is 77.3. The summed E-state index contributed by atoms with van der Waals surface area (Å²) in [5.41, 5.74) is -1.20. The monoisotopic (exact) mass is 457 g/mol. The second-order valence-electron chi connectivity index (χ2n) is 6.97. The van der Waals surface area contributed by atoms with E-state index in [4.69, 9.17) is 9.47 Å². The standard InChI is InChI=1S/C21H22F3NO5S/c1-2-29-17-8-4-5-9-18(17)30-20(26)15-11-13-25(14-12-15)31(27,28)19-10-6-3-7-16(19)21(22,23)24/h3-10,15H,2,11-14H2,1H3. The van der Waals surface area contributed by atoms with Crippen LogP contribution in [-0.4, -0.2) is 38.4 Å². The van der Waals surface area contributed by atoms with E-state index in [1.807, 2.05) is 0 Å². The van der Waals surface area contributed by atoms with Crippen LogP contribution in [0, 0.1) is 5.92 Å². The van der Waals surface area contributed by atoms with E-state index in [1.165, 1.54) is 6.07 Å². The molecule has 1 saturated heterocycles. The van der Waals surface area contributed by atoms with E-state index in [1.54, 1.807) is 31.2 Å². The van der Waals surface area contributed by atoms with Crippen LogP contribution < -0.4 is 9.47 Å². The molecule has 2 aromatic rings. The molecule has 1 aliphatic heterocycles. The number of alkyl halides is 3. The van der Waals surface area contributed by atoms with Gasteiger partial charge in [-0.05, 0) is 44.0 Å². The highest BCUT2D eigenvalue weighted by molar-refractivity contribution is 7.89. The van der Waals surface area contributed by atoms with Crippen molar-refractivity contribution in [1.29, 1.82) is 0 Å². The van der Waals surface area contributed by atoms with Crippen molar-refractivity contribution in [3.8, 4) is 11.5 Å². The Hall–Kier alpha value is -2.59. The third kappa shape index (κ3) is 5.19. The van der Waals surface area contributed by atoms with E-state index < -0.39 is 38.5 Å². The van der Waals surface area contributed by atoms with Gasteiger partial charge in [-0.15, -0.1) is 0 Å². The molecule has 2 aromatic carbocycles. The van der Waals surface area contributed by atoms with E-state index >= 15 is 0 Å². The molecule has 0 saturated carbocycles. The minimum Gasteiger partial charge on any atom is -0.490 e. The summed E-state index contributed by atoms with van der Waals surface area (Å²) in [6.07, 6.45) is -4.51. The number of benzene rings is 2. The summed E-state index contributed by atoms with van der Waals surface area (Å²) >= 11 is 0. The molecule has 6 nitrogen and oxygen atoms in total. The maximum absolute atomic E-state index is 13.3. The van der Waals surface area contributed by atoms with Crippen LogP contribution in [0.15, 0.2) is 53.4 Å². The van der Waals surface area contributed by atoms with Crippen LogP contribution in [0.1, 0.15) is 25.3 Å². The van der Waals surface area contributed by atoms with Gasteiger partial charge in [-0.3, -0.25) is 4.79 Å². The normalized spacial score (nSPS) is 16.1. The first-order chi connectivity index (χ1) is 14.6. The first-order valence-electron chi connectivity index (χ1n) is 9.74. The molecule has 31 heavy (non-hydrogen) atoms. The zero-order valence-electron chi connectivity index (χ0n) is 16.8. The van der Waals surface area contributed by atoms with Gasteiger partial charge in [0.25, 0.3) is 0 Å². The Morgan fingerprint density at radius 2 is 1.61 bits per heavy atom. The van der Waals surface area contributed by atoms with Crippen molar-refractivity contribution < 1.29 is 35.9 Å². The minimum atomic E-state index is -4.79. The van der Waals surface area contributed by atoms with Crippen LogP contribution in [0.3, 0.4) is 0 Å². The van der Waals surface area contributed by atoms with Gasteiger partial charge in [0.1, 0.15) is 0 Å². The first kappa shape index (κ1) is 23.1. The molecule has 0 N–H and O–H groups in total. The number of esters is 1. The largest absolute Gasteiger partial charge is 0.490 e. The lowest BCUT2D eigenvalue weighted by Crippen LogP contribution is -2.41. The Morgan fingerprint density at radius 3 is 2.23 bits per heavy atom. The van der Waals surface area contributed by atoms with E-state index in [0.717, 1.165) is 22.5 Å². The summed E-state index contributed by atoms with van der Waals surface area (Å²) in [7, 11) is -4.36. The average molecular weight is 457 g/mol. The number of rotatable bonds is 6. The molecule has 0 unspecified atom stereocenters. The highest BCUT2D eigenvalue weighted by Gasteiger charge is 2.40. The number of sulfonamides is 1. The third-order valence-corrected chi connectivity index (χ3v) is 6.91. The molecule has 1 fully saturated rings. The van der Waals surface area contributed by atoms with Gasteiger partial charge in [-0.2, -0.15) is 17.5 Å². The lowest BCUT2D eigenvalue weighted by Gasteiger charge is -2.30. The summed E-state index contributed by atoms with van der Waals surface area (Å²) in [5, 5.41) is 0.